The van der Waals surface area contributed by atoms with Crippen molar-refractivity contribution >= 4 is 18.3 Å². The number of para-hydroxylation sites is 2. The zero-order valence-corrected chi connectivity index (χ0v) is 9.39. The summed E-state index contributed by atoms with van der Waals surface area (Å²) in [5.74, 6) is 0. The van der Waals surface area contributed by atoms with Crippen LogP contribution < -0.4 is 4.90 Å². The quantitative estimate of drug-likeness (QED) is 0.769. The van der Waals surface area contributed by atoms with Gasteiger partial charge < -0.3 is 4.90 Å². The largest absolute Gasteiger partial charge is 0.376 e. The standard InChI is InChI=1S/C9H11N5S/c1-13(2)7-5-3-4-6-8(7)14-9(15)10-11-12-14/h3-6H,1-2H3,(H,10,12,15). The van der Waals surface area contributed by atoms with Crippen molar-refractivity contribution in [3.63, 3.8) is 0 Å². The smallest absolute Gasteiger partial charge is 0.211 e. The minimum absolute atomic E-state index is 0.476. The van der Waals surface area contributed by atoms with E-state index in [1.807, 2.05) is 43.3 Å². The summed E-state index contributed by atoms with van der Waals surface area (Å²) >= 11 is 4.18. The molecule has 0 saturated heterocycles. The molecule has 0 aliphatic heterocycles. The molecule has 15 heavy (non-hydrogen) atoms. The number of hydrogen-bond donors (Lipinski definition) is 1. The van der Waals surface area contributed by atoms with E-state index in [-0.39, 0.29) is 0 Å². The van der Waals surface area contributed by atoms with Crippen LogP contribution in [0, 0.1) is 0 Å². The predicted molar refractivity (Wildman–Crippen MR) is 60.7 cm³/mol. The van der Waals surface area contributed by atoms with Crippen LogP contribution in [0.5, 0.6) is 0 Å². The van der Waals surface area contributed by atoms with E-state index in [1.54, 1.807) is 4.68 Å². The fourth-order valence-electron chi connectivity index (χ4n) is 1.36. The highest BCUT2D eigenvalue weighted by Gasteiger charge is 2.09. The third-order valence-electron chi connectivity index (χ3n) is 2.04. The molecule has 0 atom stereocenters. The molecule has 2 aromatic rings. The molecule has 78 valence electrons. The number of thiol groups is 1. The summed E-state index contributed by atoms with van der Waals surface area (Å²) in [4.78, 5) is 2.00. The lowest BCUT2D eigenvalue weighted by Crippen LogP contribution is -2.12. The highest BCUT2D eigenvalue weighted by atomic mass is 32.1. The number of benzene rings is 1. The molecule has 5 nitrogen and oxygen atoms in total. The van der Waals surface area contributed by atoms with Crippen LogP contribution in [0.4, 0.5) is 5.69 Å². The second-order valence-electron chi connectivity index (χ2n) is 3.27. The Hall–Kier alpha value is -1.56. The normalized spacial score (nSPS) is 10.3. The number of rotatable bonds is 2. The fourth-order valence-corrected chi connectivity index (χ4v) is 1.55. The van der Waals surface area contributed by atoms with Crippen LogP contribution in [0.25, 0.3) is 5.69 Å². The molecule has 0 radical (unpaired) electrons. The summed E-state index contributed by atoms with van der Waals surface area (Å²) in [6, 6.07) is 7.87. The monoisotopic (exact) mass is 221 g/mol. The van der Waals surface area contributed by atoms with E-state index in [0.717, 1.165) is 11.4 Å². The zero-order valence-electron chi connectivity index (χ0n) is 8.49. The van der Waals surface area contributed by atoms with E-state index in [2.05, 4.69) is 28.2 Å². The van der Waals surface area contributed by atoms with E-state index < -0.39 is 0 Å². The van der Waals surface area contributed by atoms with Gasteiger partial charge in [0.2, 0.25) is 5.16 Å². The highest BCUT2D eigenvalue weighted by molar-refractivity contribution is 7.80. The maximum Gasteiger partial charge on any atom is 0.211 e. The first-order chi connectivity index (χ1) is 7.20. The molecule has 1 heterocycles. The molecule has 0 bridgehead atoms. The van der Waals surface area contributed by atoms with Crippen LogP contribution in [-0.2, 0) is 0 Å². The maximum atomic E-state index is 4.18. The minimum Gasteiger partial charge on any atom is -0.376 e. The van der Waals surface area contributed by atoms with E-state index in [0.29, 0.717) is 5.16 Å². The summed E-state index contributed by atoms with van der Waals surface area (Å²) in [5.41, 5.74) is 1.96. The topological polar surface area (TPSA) is 46.8 Å². The van der Waals surface area contributed by atoms with Crippen LogP contribution in [0.3, 0.4) is 0 Å². The summed E-state index contributed by atoms with van der Waals surface area (Å²) in [6.07, 6.45) is 0. The lowest BCUT2D eigenvalue weighted by molar-refractivity contribution is 0.756. The first-order valence-electron chi connectivity index (χ1n) is 4.44. The zero-order chi connectivity index (χ0) is 10.8. The van der Waals surface area contributed by atoms with E-state index in [1.165, 1.54) is 0 Å². The van der Waals surface area contributed by atoms with Gasteiger partial charge in [-0.3, -0.25) is 0 Å². The molecular weight excluding hydrogens is 210 g/mol. The summed E-state index contributed by atoms with van der Waals surface area (Å²) < 4.78 is 1.60. The highest BCUT2D eigenvalue weighted by Crippen LogP contribution is 2.22. The van der Waals surface area contributed by atoms with Crippen molar-refractivity contribution in [3.05, 3.63) is 24.3 Å². The molecule has 0 aliphatic rings. The van der Waals surface area contributed by atoms with Gasteiger partial charge in [-0.05, 0) is 22.6 Å². The Kier molecular flexibility index (Phi) is 2.59. The van der Waals surface area contributed by atoms with Gasteiger partial charge in [-0.25, -0.2) is 0 Å². The molecule has 0 unspecified atom stereocenters. The third kappa shape index (κ3) is 1.80. The van der Waals surface area contributed by atoms with Crippen LogP contribution in [0.15, 0.2) is 29.4 Å². The van der Waals surface area contributed by atoms with Gasteiger partial charge in [0, 0.05) is 14.1 Å². The van der Waals surface area contributed by atoms with Crippen molar-refractivity contribution in [2.45, 2.75) is 5.16 Å². The van der Waals surface area contributed by atoms with E-state index >= 15 is 0 Å². The molecule has 1 aromatic carbocycles. The Morgan fingerprint density at radius 3 is 2.60 bits per heavy atom. The first-order valence-corrected chi connectivity index (χ1v) is 4.89. The summed E-state index contributed by atoms with van der Waals surface area (Å²) in [6.45, 7) is 0. The minimum atomic E-state index is 0.476. The van der Waals surface area contributed by atoms with Crippen molar-refractivity contribution in [2.75, 3.05) is 19.0 Å². The van der Waals surface area contributed by atoms with Crippen molar-refractivity contribution in [2.24, 2.45) is 0 Å². The number of hydrogen-bond acceptors (Lipinski definition) is 5. The van der Waals surface area contributed by atoms with Crippen LogP contribution in [-0.4, -0.2) is 34.3 Å². The Balaban J connectivity index is 2.58. The Labute approximate surface area is 93.1 Å². The van der Waals surface area contributed by atoms with Gasteiger partial charge >= 0.3 is 0 Å². The van der Waals surface area contributed by atoms with Crippen molar-refractivity contribution in [1.29, 1.82) is 0 Å². The number of tetrazole rings is 1. The molecular formula is C9H11N5S. The van der Waals surface area contributed by atoms with Crippen LogP contribution in [0.2, 0.25) is 0 Å². The molecule has 1 aromatic heterocycles. The van der Waals surface area contributed by atoms with Crippen LogP contribution >= 0.6 is 12.6 Å². The molecule has 6 heteroatoms. The summed E-state index contributed by atoms with van der Waals surface area (Å²) in [7, 11) is 3.95. The number of nitrogens with zero attached hydrogens (tertiary/aromatic N) is 5. The van der Waals surface area contributed by atoms with Crippen LogP contribution in [0.1, 0.15) is 0 Å². The lowest BCUT2D eigenvalue weighted by atomic mass is 10.2. The van der Waals surface area contributed by atoms with E-state index in [9.17, 15) is 0 Å². The van der Waals surface area contributed by atoms with Gasteiger partial charge in [0.1, 0.15) is 0 Å². The van der Waals surface area contributed by atoms with Crippen molar-refractivity contribution < 1.29 is 0 Å². The molecule has 0 saturated carbocycles. The molecule has 2 rings (SSSR count). The Morgan fingerprint density at radius 1 is 1.27 bits per heavy atom. The fraction of sp³-hybridized carbons (Fsp3) is 0.222. The van der Waals surface area contributed by atoms with Crippen molar-refractivity contribution in [1.82, 2.24) is 20.2 Å². The van der Waals surface area contributed by atoms with Gasteiger partial charge in [0.05, 0.1) is 11.4 Å². The van der Waals surface area contributed by atoms with Crippen molar-refractivity contribution in [3.8, 4) is 5.69 Å². The van der Waals surface area contributed by atoms with Gasteiger partial charge in [0.15, 0.2) is 0 Å². The Bertz CT molecular complexity index is 465. The molecule has 0 amide bonds. The Morgan fingerprint density at radius 2 is 2.00 bits per heavy atom. The van der Waals surface area contributed by atoms with E-state index in [4.69, 9.17) is 0 Å². The second kappa shape index (κ2) is 3.90. The van der Waals surface area contributed by atoms with Gasteiger partial charge in [0.25, 0.3) is 0 Å². The second-order valence-corrected chi connectivity index (χ2v) is 3.67. The lowest BCUT2D eigenvalue weighted by Gasteiger charge is -2.16. The molecule has 0 fully saturated rings. The van der Waals surface area contributed by atoms with Gasteiger partial charge in [-0.15, -0.1) is 17.7 Å². The number of aromatic nitrogens is 4. The number of anilines is 1. The third-order valence-corrected chi connectivity index (χ3v) is 2.32. The van der Waals surface area contributed by atoms with Gasteiger partial charge in [-0.2, -0.15) is 4.68 Å². The predicted octanol–water partition coefficient (Wildman–Crippen LogP) is 1.02. The molecule has 0 aliphatic carbocycles. The first kappa shape index (κ1) is 9.97. The average Bonchev–Trinajstić information content (AvgIpc) is 2.64. The molecule has 0 N–H and O–H groups in total. The van der Waals surface area contributed by atoms with Gasteiger partial charge in [-0.1, -0.05) is 12.1 Å². The molecule has 0 spiro atoms. The maximum absolute atomic E-state index is 4.18. The SMILES string of the molecule is CN(C)c1ccccc1-n1nnnc1S. The summed E-state index contributed by atoms with van der Waals surface area (Å²) in [5, 5.41) is 11.7. The average molecular weight is 221 g/mol.